The van der Waals surface area contributed by atoms with Gasteiger partial charge in [-0.3, -0.25) is 0 Å². The topological polar surface area (TPSA) is 107 Å². The van der Waals surface area contributed by atoms with Gasteiger partial charge in [0.25, 0.3) is 0 Å². The van der Waals surface area contributed by atoms with Crippen LogP contribution in [0.15, 0.2) is 42.5 Å². The maximum Gasteiger partial charge on any atom is 0.124 e. The van der Waals surface area contributed by atoms with Gasteiger partial charge in [-0.2, -0.15) is 0 Å². The van der Waals surface area contributed by atoms with Gasteiger partial charge in [-0.15, -0.1) is 0 Å². The van der Waals surface area contributed by atoms with Gasteiger partial charge in [0, 0.05) is 18.1 Å². The molecule has 36 heavy (non-hydrogen) atoms. The highest BCUT2D eigenvalue weighted by Gasteiger charge is 2.44. The van der Waals surface area contributed by atoms with Crippen LogP contribution in [-0.4, -0.2) is 85.0 Å². The first-order chi connectivity index (χ1) is 17.5. The SMILES string of the molecule is O[C@@H]1[C@@H](O)[C@H](c2ccc(Cl)c(Cc3ccc(O[C@H]4CCOC4)cc3)c2)O[C@H](CO[C@H]2CCOC2)[C@H]1O. The molecule has 2 aromatic rings. The summed E-state index contributed by atoms with van der Waals surface area (Å²) in [4.78, 5) is 0. The van der Waals surface area contributed by atoms with Gasteiger partial charge in [-0.05, 0) is 47.7 Å². The Hall–Kier alpha value is -1.75. The fourth-order valence-corrected chi connectivity index (χ4v) is 5.03. The highest BCUT2D eigenvalue weighted by Crippen LogP contribution is 2.35. The van der Waals surface area contributed by atoms with Gasteiger partial charge in [0.05, 0.1) is 32.5 Å². The molecule has 196 valence electrons. The van der Waals surface area contributed by atoms with Crippen molar-refractivity contribution in [3.63, 3.8) is 0 Å². The zero-order valence-corrected chi connectivity index (χ0v) is 20.8. The minimum Gasteiger partial charge on any atom is -0.488 e. The maximum absolute atomic E-state index is 10.7. The van der Waals surface area contributed by atoms with E-state index in [9.17, 15) is 15.3 Å². The van der Waals surface area contributed by atoms with Gasteiger partial charge in [-0.25, -0.2) is 0 Å². The summed E-state index contributed by atoms with van der Waals surface area (Å²) in [5.41, 5.74) is 2.58. The van der Waals surface area contributed by atoms with Crippen molar-refractivity contribution >= 4 is 11.6 Å². The average Bonchev–Trinajstić information content (AvgIpc) is 3.59. The van der Waals surface area contributed by atoms with Crippen LogP contribution in [-0.2, 0) is 25.4 Å². The van der Waals surface area contributed by atoms with Crippen LogP contribution in [0.1, 0.15) is 35.6 Å². The van der Waals surface area contributed by atoms with Crippen LogP contribution < -0.4 is 4.74 Å². The summed E-state index contributed by atoms with van der Waals surface area (Å²) in [5.74, 6) is 0.804. The number of benzene rings is 2. The Morgan fingerprint density at radius 3 is 2.28 bits per heavy atom. The average molecular weight is 521 g/mol. The Morgan fingerprint density at radius 1 is 0.861 bits per heavy atom. The number of rotatable bonds is 8. The molecule has 0 unspecified atom stereocenters. The quantitative estimate of drug-likeness (QED) is 0.487. The van der Waals surface area contributed by atoms with Gasteiger partial charge >= 0.3 is 0 Å². The van der Waals surface area contributed by atoms with Crippen LogP contribution in [0.2, 0.25) is 5.02 Å². The molecule has 3 saturated heterocycles. The van der Waals surface area contributed by atoms with Crippen molar-refractivity contribution < 1.29 is 39.0 Å². The summed E-state index contributed by atoms with van der Waals surface area (Å²) in [7, 11) is 0. The Balaban J connectivity index is 1.27. The smallest absolute Gasteiger partial charge is 0.124 e. The molecule has 3 N–H and O–H groups in total. The van der Waals surface area contributed by atoms with E-state index in [4.69, 9.17) is 35.3 Å². The third-order valence-electron chi connectivity index (χ3n) is 7.00. The second-order valence-electron chi connectivity index (χ2n) is 9.66. The summed E-state index contributed by atoms with van der Waals surface area (Å²) in [6.07, 6.45) is -3.27. The minimum absolute atomic E-state index is 0.0614. The minimum atomic E-state index is -1.37. The summed E-state index contributed by atoms with van der Waals surface area (Å²) in [5, 5.41) is 32.3. The largest absolute Gasteiger partial charge is 0.488 e. The molecule has 0 aromatic heterocycles. The van der Waals surface area contributed by atoms with E-state index in [0.29, 0.717) is 36.8 Å². The normalized spacial score (nSPS) is 32.6. The van der Waals surface area contributed by atoms with Crippen LogP contribution >= 0.6 is 11.6 Å². The van der Waals surface area contributed by atoms with Crippen molar-refractivity contribution in [2.75, 3.05) is 33.0 Å². The summed E-state index contributed by atoms with van der Waals surface area (Å²) in [6, 6.07) is 13.3. The zero-order valence-electron chi connectivity index (χ0n) is 20.0. The molecule has 5 rings (SSSR count). The highest BCUT2D eigenvalue weighted by atomic mass is 35.5. The van der Waals surface area contributed by atoms with Crippen LogP contribution in [0.5, 0.6) is 5.75 Å². The molecule has 3 aliphatic heterocycles. The molecular weight excluding hydrogens is 488 g/mol. The Kier molecular flexibility index (Phi) is 8.45. The van der Waals surface area contributed by atoms with Crippen molar-refractivity contribution in [1.82, 2.24) is 0 Å². The fraction of sp³-hybridized carbons (Fsp3) is 0.556. The number of ether oxygens (including phenoxy) is 5. The summed E-state index contributed by atoms with van der Waals surface area (Å²) in [6.45, 7) is 2.59. The van der Waals surface area contributed by atoms with E-state index in [1.807, 2.05) is 30.3 Å². The molecule has 3 fully saturated rings. The molecule has 7 atom stereocenters. The van der Waals surface area contributed by atoms with Crippen LogP contribution in [0.3, 0.4) is 0 Å². The Morgan fingerprint density at radius 2 is 1.58 bits per heavy atom. The molecule has 9 heteroatoms. The number of hydrogen-bond donors (Lipinski definition) is 3. The molecule has 0 bridgehead atoms. The van der Waals surface area contributed by atoms with E-state index in [-0.39, 0.29) is 18.8 Å². The van der Waals surface area contributed by atoms with Crippen molar-refractivity contribution in [2.45, 2.75) is 62.0 Å². The lowest BCUT2D eigenvalue weighted by Gasteiger charge is -2.41. The summed E-state index contributed by atoms with van der Waals surface area (Å²) < 4.78 is 28.5. The standard InChI is InChI=1S/C27H33ClO8/c28-22-6-3-17(12-18(22)11-16-1-4-19(5-2-16)35-21-8-10-33-14-21)27-26(31)25(30)24(29)23(36-27)15-34-20-7-9-32-13-20/h1-6,12,20-21,23-27,29-31H,7-11,13-15H2/t20-,21-,23+,24+,25-,26+,27-/m0/s1. The summed E-state index contributed by atoms with van der Waals surface area (Å²) >= 11 is 6.51. The molecule has 0 saturated carbocycles. The molecule has 8 nitrogen and oxygen atoms in total. The first-order valence-electron chi connectivity index (χ1n) is 12.5. The van der Waals surface area contributed by atoms with Gasteiger partial charge < -0.3 is 39.0 Å². The van der Waals surface area contributed by atoms with E-state index in [1.165, 1.54) is 0 Å². The molecule has 3 heterocycles. The molecule has 0 amide bonds. The van der Waals surface area contributed by atoms with Gasteiger partial charge in [-0.1, -0.05) is 35.9 Å². The number of hydrogen-bond acceptors (Lipinski definition) is 8. The predicted octanol–water partition coefficient (Wildman–Crippen LogP) is 2.43. The molecule has 3 aliphatic rings. The van der Waals surface area contributed by atoms with Crippen LogP contribution in [0.25, 0.3) is 0 Å². The van der Waals surface area contributed by atoms with Crippen molar-refractivity contribution in [3.8, 4) is 5.75 Å². The fourth-order valence-electron chi connectivity index (χ4n) is 4.85. The lowest BCUT2D eigenvalue weighted by atomic mass is 9.90. The lowest BCUT2D eigenvalue weighted by molar-refractivity contribution is -0.237. The van der Waals surface area contributed by atoms with E-state index < -0.39 is 30.5 Å². The van der Waals surface area contributed by atoms with Crippen LogP contribution in [0.4, 0.5) is 0 Å². The molecular formula is C27H33ClO8. The second-order valence-corrected chi connectivity index (χ2v) is 10.1. The van der Waals surface area contributed by atoms with Crippen molar-refractivity contribution in [1.29, 1.82) is 0 Å². The number of aliphatic hydroxyl groups excluding tert-OH is 3. The highest BCUT2D eigenvalue weighted by molar-refractivity contribution is 6.31. The van der Waals surface area contributed by atoms with E-state index in [1.54, 1.807) is 12.1 Å². The molecule has 0 aliphatic carbocycles. The van der Waals surface area contributed by atoms with Gasteiger partial charge in [0.2, 0.25) is 0 Å². The van der Waals surface area contributed by atoms with E-state index in [2.05, 4.69) is 0 Å². The second kappa shape index (κ2) is 11.8. The molecule has 2 aromatic carbocycles. The Bertz CT molecular complexity index is 990. The van der Waals surface area contributed by atoms with E-state index in [0.717, 1.165) is 36.3 Å². The third kappa shape index (κ3) is 6.03. The van der Waals surface area contributed by atoms with Gasteiger partial charge in [0.15, 0.2) is 0 Å². The number of aliphatic hydroxyl groups is 3. The van der Waals surface area contributed by atoms with Crippen LogP contribution in [0, 0.1) is 0 Å². The first-order valence-corrected chi connectivity index (χ1v) is 12.9. The Labute approximate surface area is 215 Å². The van der Waals surface area contributed by atoms with Crippen molar-refractivity contribution in [2.24, 2.45) is 0 Å². The van der Waals surface area contributed by atoms with Gasteiger partial charge in [0.1, 0.15) is 42.4 Å². The predicted molar refractivity (Wildman–Crippen MR) is 131 cm³/mol. The van der Waals surface area contributed by atoms with E-state index >= 15 is 0 Å². The third-order valence-corrected chi connectivity index (χ3v) is 7.37. The number of halogens is 1. The lowest BCUT2D eigenvalue weighted by Crippen LogP contribution is -2.55. The zero-order chi connectivity index (χ0) is 25.1. The van der Waals surface area contributed by atoms with Crippen molar-refractivity contribution in [3.05, 3.63) is 64.2 Å². The first kappa shape index (κ1) is 25.9. The molecule has 0 radical (unpaired) electrons. The maximum atomic E-state index is 10.7. The monoisotopic (exact) mass is 520 g/mol. The molecule has 0 spiro atoms.